The molecule has 4 heteroatoms. The van der Waals surface area contributed by atoms with Crippen molar-refractivity contribution in [3.8, 4) is 5.75 Å². The number of halogens is 1. The molecule has 0 aliphatic carbocycles. The number of hydrogen-bond donors (Lipinski definition) is 2. The Bertz CT molecular complexity index is 350. The molecule has 0 aliphatic heterocycles. The summed E-state index contributed by atoms with van der Waals surface area (Å²) in [6.07, 6.45) is 0.216. The van der Waals surface area contributed by atoms with Crippen molar-refractivity contribution < 1.29 is 14.9 Å². The number of aliphatic hydroxyl groups excluding tert-OH is 2. The van der Waals surface area contributed by atoms with Gasteiger partial charge in [0.15, 0.2) is 0 Å². The molecule has 2 N–H and O–H groups in total. The van der Waals surface area contributed by atoms with Crippen LogP contribution in [0.25, 0.3) is 0 Å². The van der Waals surface area contributed by atoms with Crippen LogP contribution in [0.15, 0.2) is 16.6 Å². The molecule has 1 atom stereocenters. The Morgan fingerprint density at radius 3 is 2.69 bits per heavy atom. The standard InChI is InChI=1S/C12H17BrO3/c1-8-5-11(13)6-10(7-14)12(8)16-4-3-9(2)15/h5-6,9,14-15H,3-4,7H2,1-2H3. The van der Waals surface area contributed by atoms with Crippen LogP contribution < -0.4 is 4.74 Å². The molecule has 0 saturated carbocycles. The van der Waals surface area contributed by atoms with Crippen molar-refractivity contribution >= 4 is 15.9 Å². The summed E-state index contributed by atoms with van der Waals surface area (Å²) >= 11 is 3.37. The van der Waals surface area contributed by atoms with Gasteiger partial charge in [-0.15, -0.1) is 0 Å². The highest BCUT2D eigenvalue weighted by Crippen LogP contribution is 2.28. The summed E-state index contributed by atoms with van der Waals surface area (Å²) in [5.74, 6) is 0.714. The number of aliphatic hydroxyl groups is 2. The monoisotopic (exact) mass is 288 g/mol. The fraction of sp³-hybridized carbons (Fsp3) is 0.500. The summed E-state index contributed by atoms with van der Waals surface area (Å²) in [4.78, 5) is 0. The fourth-order valence-corrected chi connectivity index (χ4v) is 2.07. The van der Waals surface area contributed by atoms with E-state index in [4.69, 9.17) is 9.84 Å². The van der Waals surface area contributed by atoms with Crippen LogP contribution in [-0.2, 0) is 6.61 Å². The Morgan fingerprint density at radius 2 is 2.12 bits per heavy atom. The van der Waals surface area contributed by atoms with Gasteiger partial charge in [0.2, 0.25) is 0 Å². The van der Waals surface area contributed by atoms with Gasteiger partial charge in [0.05, 0.1) is 19.3 Å². The molecule has 0 aliphatic rings. The maximum Gasteiger partial charge on any atom is 0.127 e. The molecule has 0 aromatic heterocycles. The van der Waals surface area contributed by atoms with Crippen molar-refractivity contribution in [2.75, 3.05) is 6.61 Å². The average molecular weight is 289 g/mol. The van der Waals surface area contributed by atoms with Gasteiger partial charge >= 0.3 is 0 Å². The van der Waals surface area contributed by atoms with Gasteiger partial charge in [-0.3, -0.25) is 0 Å². The Balaban J connectivity index is 2.77. The quantitative estimate of drug-likeness (QED) is 0.875. The van der Waals surface area contributed by atoms with Crippen molar-refractivity contribution in [1.29, 1.82) is 0 Å². The molecule has 1 unspecified atom stereocenters. The number of aryl methyl sites for hydroxylation is 1. The molecule has 3 nitrogen and oxygen atoms in total. The molecule has 0 radical (unpaired) electrons. The van der Waals surface area contributed by atoms with Crippen molar-refractivity contribution in [3.05, 3.63) is 27.7 Å². The van der Waals surface area contributed by atoms with Crippen molar-refractivity contribution in [2.24, 2.45) is 0 Å². The Labute approximate surface area is 104 Å². The van der Waals surface area contributed by atoms with Crippen LogP contribution in [0, 0.1) is 6.92 Å². The third-order valence-electron chi connectivity index (χ3n) is 2.27. The van der Waals surface area contributed by atoms with E-state index in [-0.39, 0.29) is 12.7 Å². The molecule has 0 heterocycles. The van der Waals surface area contributed by atoms with Gasteiger partial charge < -0.3 is 14.9 Å². The van der Waals surface area contributed by atoms with Crippen molar-refractivity contribution in [1.82, 2.24) is 0 Å². The van der Waals surface area contributed by atoms with E-state index in [1.165, 1.54) is 0 Å². The van der Waals surface area contributed by atoms with Gasteiger partial charge in [0, 0.05) is 16.5 Å². The first kappa shape index (κ1) is 13.5. The van der Waals surface area contributed by atoms with E-state index in [1.54, 1.807) is 6.92 Å². The molecular formula is C12H17BrO3. The molecule has 16 heavy (non-hydrogen) atoms. The summed E-state index contributed by atoms with van der Waals surface area (Å²) in [7, 11) is 0. The molecule has 1 rings (SSSR count). The molecule has 0 saturated heterocycles. The largest absolute Gasteiger partial charge is 0.493 e. The first-order chi connectivity index (χ1) is 7.54. The van der Waals surface area contributed by atoms with E-state index in [9.17, 15) is 5.11 Å². The van der Waals surface area contributed by atoms with Crippen LogP contribution in [0.5, 0.6) is 5.75 Å². The van der Waals surface area contributed by atoms with Gasteiger partial charge in [-0.05, 0) is 31.5 Å². The predicted octanol–water partition coefficient (Wildman–Crippen LogP) is 2.40. The Kier molecular flexibility index (Phi) is 5.25. The van der Waals surface area contributed by atoms with E-state index in [0.717, 1.165) is 15.6 Å². The summed E-state index contributed by atoms with van der Waals surface area (Å²) in [5, 5.41) is 18.4. The molecule has 0 spiro atoms. The SMILES string of the molecule is Cc1cc(Br)cc(CO)c1OCCC(C)O. The zero-order valence-electron chi connectivity index (χ0n) is 9.53. The average Bonchev–Trinajstić information content (AvgIpc) is 2.20. The highest BCUT2D eigenvalue weighted by Gasteiger charge is 2.08. The smallest absolute Gasteiger partial charge is 0.127 e. The zero-order valence-corrected chi connectivity index (χ0v) is 11.1. The highest BCUT2D eigenvalue weighted by atomic mass is 79.9. The topological polar surface area (TPSA) is 49.7 Å². The number of ether oxygens (including phenoxy) is 1. The summed E-state index contributed by atoms with van der Waals surface area (Å²) < 4.78 is 6.51. The number of rotatable bonds is 5. The van der Waals surface area contributed by atoms with Crippen LogP contribution in [0.1, 0.15) is 24.5 Å². The van der Waals surface area contributed by atoms with Crippen LogP contribution in [0.3, 0.4) is 0 Å². The molecule has 0 fully saturated rings. The lowest BCUT2D eigenvalue weighted by molar-refractivity contribution is 0.154. The fourth-order valence-electron chi connectivity index (χ4n) is 1.45. The van der Waals surface area contributed by atoms with Gasteiger partial charge in [-0.25, -0.2) is 0 Å². The van der Waals surface area contributed by atoms with E-state index < -0.39 is 0 Å². The summed E-state index contributed by atoms with van der Waals surface area (Å²) in [6.45, 7) is 4.06. The van der Waals surface area contributed by atoms with Crippen LogP contribution in [0.4, 0.5) is 0 Å². The second kappa shape index (κ2) is 6.23. The summed E-state index contributed by atoms with van der Waals surface area (Å²) in [6, 6.07) is 3.78. The molecule has 90 valence electrons. The predicted molar refractivity (Wildman–Crippen MR) is 66.6 cm³/mol. The molecule has 0 amide bonds. The van der Waals surface area contributed by atoms with E-state index >= 15 is 0 Å². The normalized spacial score (nSPS) is 12.6. The lowest BCUT2D eigenvalue weighted by atomic mass is 10.1. The Hall–Kier alpha value is -0.580. The number of hydrogen-bond acceptors (Lipinski definition) is 3. The van der Waals surface area contributed by atoms with Crippen LogP contribution in [-0.4, -0.2) is 22.9 Å². The first-order valence-electron chi connectivity index (χ1n) is 5.25. The van der Waals surface area contributed by atoms with E-state index in [0.29, 0.717) is 18.8 Å². The highest BCUT2D eigenvalue weighted by molar-refractivity contribution is 9.10. The van der Waals surface area contributed by atoms with Gasteiger partial charge in [0.25, 0.3) is 0 Å². The van der Waals surface area contributed by atoms with Gasteiger partial charge in [0.1, 0.15) is 5.75 Å². The minimum Gasteiger partial charge on any atom is -0.493 e. The molecule has 1 aromatic carbocycles. The second-order valence-corrected chi connectivity index (χ2v) is 4.77. The Morgan fingerprint density at radius 1 is 1.44 bits per heavy atom. The number of benzene rings is 1. The van der Waals surface area contributed by atoms with Gasteiger partial charge in [-0.1, -0.05) is 15.9 Å². The van der Waals surface area contributed by atoms with E-state index in [2.05, 4.69) is 15.9 Å². The molecular weight excluding hydrogens is 272 g/mol. The minimum absolute atomic E-state index is 0.0513. The maximum atomic E-state index is 9.23. The molecule has 0 bridgehead atoms. The lowest BCUT2D eigenvalue weighted by Gasteiger charge is -2.14. The van der Waals surface area contributed by atoms with Crippen molar-refractivity contribution in [2.45, 2.75) is 33.0 Å². The summed E-state index contributed by atoms with van der Waals surface area (Å²) in [5.41, 5.74) is 1.74. The second-order valence-electron chi connectivity index (χ2n) is 3.86. The maximum absolute atomic E-state index is 9.23. The van der Waals surface area contributed by atoms with Crippen LogP contribution >= 0.6 is 15.9 Å². The first-order valence-corrected chi connectivity index (χ1v) is 6.04. The zero-order chi connectivity index (χ0) is 12.1. The third-order valence-corrected chi connectivity index (χ3v) is 2.73. The van der Waals surface area contributed by atoms with Gasteiger partial charge in [-0.2, -0.15) is 0 Å². The minimum atomic E-state index is -0.367. The molecule has 1 aromatic rings. The lowest BCUT2D eigenvalue weighted by Crippen LogP contribution is -2.09. The van der Waals surface area contributed by atoms with Crippen LogP contribution in [0.2, 0.25) is 0 Å². The third kappa shape index (κ3) is 3.77. The van der Waals surface area contributed by atoms with E-state index in [1.807, 2.05) is 19.1 Å². The van der Waals surface area contributed by atoms with Crippen molar-refractivity contribution in [3.63, 3.8) is 0 Å².